The van der Waals surface area contributed by atoms with E-state index in [-0.39, 0.29) is 17.3 Å². The van der Waals surface area contributed by atoms with Gasteiger partial charge in [-0.15, -0.1) is 0 Å². The first kappa shape index (κ1) is 19.1. The number of nitrogens with zero attached hydrogens (tertiary/aromatic N) is 2. The smallest absolute Gasteiger partial charge is 0.363 e. The SMILES string of the molecule is CCCOc1ccc(/C=C2/N=C(c3cccc([N+](=O)[O-])c3)OC2=O)cc1OC. The van der Waals surface area contributed by atoms with Gasteiger partial charge >= 0.3 is 5.97 Å². The van der Waals surface area contributed by atoms with Gasteiger partial charge in [0.1, 0.15) is 0 Å². The van der Waals surface area contributed by atoms with Crippen LogP contribution in [0.15, 0.2) is 53.2 Å². The largest absolute Gasteiger partial charge is 0.493 e. The summed E-state index contributed by atoms with van der Waals surface area (Å²) < 4.78 is 16.1. The molecule has 0 saturated carbocycles. The predicted molar refractivity (Wildman–Crippen MR) is 102 cm³/mol. The molecule has 8 nitrogen and oxygen atoms in total. The van der Waals surface area contributed by atoms with Crippen LogP contribution in [0.5, 0.6) is 11.5 Å². The van der Waals surface area contributed by atoms with Crippen LogP contribution < -0.4 is 9.47 Å². The number of nitro benzene ring substituents is 1. The van der Waals surface area contributed by atoms with E-state index in [4.69, 9.17) is 14.2 Å². The van der Waals surface area contributed by atoms with Gasteiger partial charge in [-0.05, 0) is 36.3 Å². The number of benzene rings is 2. The van der Waals surface area contributed by atoms with Gasteiger partial charge in [-0.1, -0.05) is 19.1 Å². The molecular formula is C20H18N2O6. The van der Waals surface area contributed by atoms with Crippen molar-refractivity contribution in [3.8, 4) is 11.5 Å². The summed E-state index contributed by atoms with van der Waals surface area (Å²) in [7, 11) is 1.54. The van der Waals surface area contributed by atoms with Crippen molar-refractivity contribution >= 4 is 23.6 Å². The third-order valence-electron chi connectivity index (χ3n) is 3.88. The lowest BCUT2D eigenvalue weighted by Gasteiger charge is -2.10. The number of esters is 1. The number of nitro groups is 1. The lowest BCUT2D eigenvalue weighted by molar-refractivity contribution is -0.384. The molecule has 0 N–H and O–H groups in total. The highest BCUT2D eigenvalue weighted by molar-refractivity contribution is 6.13. The van der Waals surface area contributed by atoms with Gasteiger partial charge in [-0.3, -0.25) is 10.1 Å². The molecule has 0 spiro atoms. The zero-order chi connectivity index (χ0) is 20.1. The van der Waals surface area contributed by atoms with Crippen LogP contribution in [0.3, 0.4) is 0 Å². The maximum atomic E-state index is 12.1. The summed E-state index contributed by atoms with van der Waals surface area (Å²) >= 11 is 0. The number of methoxy groups -OCH3 is 1. The van der Waals surface area contributed by atoms with Crippen LogP contribution in [0, 0.1) is 10.1 Å². The molecule has 1 aliphatic heterocycles. The molecule has 1 aliphatic rings. The number of rotatable bonds is 7. The van der Waals surface area contributed by atoms with E-state index in [1.165, 1.54) is 25.3 Å². The molecule has 0 unspecified atom stereocenters. The molecule has 0 fully saturated rings. The van der Waals surface area contributed by atoms with Crippen molar-refractivity contribution in [1.29, 1.82) is 0 Å². The number of hydrogen-bond acceptors (Lipinski definition) is 7. The van der Waals surface area contributed by atoms with E-state index < -0.39 is 10.9 Å². The second kappa shape index (κ2) is 8.34. The highest BCUT2D eigenvalue weighted by Crippen LogP contribution is 2.30. The first-order chi connectivity index (χ1) is 13.5. The average molecular weight is 382 g/mol. The van der Waals surface area contributed by atoms with Crippen LogP contribution in [0.25, 0.3) is 6.08 Å². The number of carbonyl (C=O) groups excluding carboxylic acids is 1. The molecule has 1 heterocycles. The topological polar surface area (TPSA) is 100 Å². The zero-order valence-corrected chi connectivity index (χ0v) is 15.4. The summed E-state index contributed by atoms with van der Waals surface area (Å²) in [4.78, 5) is 26.7. The van der Waals surface area contributed by atoms with Gasteiger partial charge < -0.3 is 14.2 Å². The number of aliphatic imine (C=N–C) groups is 1. The Morgan fingerprint density at radius 2 is 2.04 bits per heavy atom. The average Bonchev–Trinajstić information content (AvgIpc) is 3.07. The minimum absolute atomic E-state index is 0.0230. The van der Waals surface area contributed by atoms with Crippen molar-refractivity contribution in [3.63, 3.8) is 0 Å². The first-order valence-electron chi connectivity index (χ1n) is 8.60. The molecule has 0 aromatic heterocycles. The van der Waals surface area contributed by atoms with Crippen LogP contribution in [-0.4, -0.2) is 30.5 Å². The van der Waals surface area contributed by atoms with E-state index in [0.717, 1.165) is 6.42 Å². The van der Waals surface area contributed by atoms with E-state index in [9.17, 15) is 14.9 Å². The van der Waals surface area contributed by atoms with Crippen molar-refractivity contribution in [2.24, 2.45) is 4.99 Å². The van der Waals surface area contributed by atoms with Crippen LogP contribution in [-0.2, 0) is 9.53 Å². The minimum atomic E-state index is -0.633. The van der Waals surface area contributed by atoms with E-state index >= 15 is 0 Å². The van der Waals surface area contributed by atoms with Crippen LogP contribution >= 0.6 is 0 Å². The molecule has 28 heavy (non-hydrogen) atoms. The first-order valence-corrected chi connectivity index (χ1v) is 8.60. The van der Waals surface area contributed by atoms with Gasteiger partial charge in [0.25, 0.3) is 5.69 Å². The van der Waals surface area contributed by atoms with E-state index in [1.807, 2.05) is 6.92 Å². The molecule has 0 bridgehead atoms. The van der Waals surface area contributed by atoms with Crippen molar-refractivity contribution < 1.29 is 23.9 Å². The Kier molecular flexibility index (Phi) is 5.69. The number of ether oxygens (including phenoxy) is 3. The summed E-state index contributed by atoms with van der Waals surface area (Å²) in [6, 6.07) is 11.0. The monoisotopic (exact) mass is 382 g/mol. The van der Waals surface area contributed by atoms with Crippen molar-refractivity contribution in [2.75, 3.05) is 13.7 Å². The van der Waals surface area contributed by atoms with Crippen LogP contribution in [0.4, 0.5) is 5.69 Å². The summed E-state index contributed by atoms with van der Waals surface area (Å²) in [6.45, 7) is 2.58. The molecule has 3 rings (SSSR count). The van der Waals surface area contributed by atoms with Gasteiger partial charge in [0.2, 0.25) is 5.90 Å². The molecule has 2 aromatic carbocycles. The predicted octanol–water partition coefficient (Wildman–Crippen LogP) is 3.74. The second-order valence-corrected chi connectivity index (χ2v) is 5.90. The zero-order valence-electron chi connectivity index (χ0n) is 15.4. The third kappa shape index (κ3) is 4.17. The second-order valence-electron chi connectivity index (χ2n) is 5.90. The van der Waals surface area contributed by atoms with Crippen LogP contribution in [0.1, 0.15) is 24.5 Å². The molecule has 2 aromatic rings. The summed E-state index contributed by atoms with van der Waals surface area (Å²) in [5, 5.41) is 10.9. The molecule has 8 heteroatoms. The number of non-ortho nitro benzene ring substituents is 1. The Labute approximate surface area is 161 Å². The maximum absolute atomic E-state index is 12.1. The molecular weight excluding hydrogens is 364 g/mol. The molecule has 0 saturated heterocycles. The lowest BCUT2D eigenvalue weighted by atomic mass is 10.1. The normalized spacial score (nSPS) is 14.6. The minimum Gasteiger partial charge on any atom is -0.493 e. The standard InChI is InChI=1S/C20H18N2O6/c1-3-9-27-17-8-7-13(11-18(17)26-2)10-16-20(23)28-19(21-16)14-5-4-6-15(12-14)22(24)25/h4-8,10-12H,3,9H2,1-2H3/b16-10+. The Hall–Kier alpha value is -3.68. The number of carbonyl (C=O) groups is 1. The van der Waals surface area contributed by atoms with Crippen molar-refractivity contribution in [3.05, 3.63) is 69.4 Å². The van der Waals surface area contributed by atoms with E-state index in [2.05, 4.69) is 4.99 Å². The molecule has 144 valence electrons. The molecule has 0 aliphatic carbocycles. The number of cyclic esters (lactones) is 1. The summed E-state index contributed by atoms with van der Waals surface area (Å²) in [5.74, 6) is 0.542. The third-order valence-corrected chi connectivity index (χ3v) is 3.88. The molecule has 0 radical (unpaired) electrons. The van der Waals surface area contributed by atoms with Crippen molar-refractivity contribution in [1.82, 2.24) is 0 Å². The van der Waals surface area contributed by atoms with Gasteiger partial charge in [0.05, 0.1) is 18.6 Å². The molecule has 0 atom stereocenters. The fourth-order valence-electron chi connectivity index (χ4n) is 2.55. The van der Waals surface area contributed by atoms with Crippen molar-refractivity contribution in [2.45, 2.75) is 13.3 Å². The summed E-state index contributed by atoms with van der Waals surface area (Å²) in [5.41, 5.74) is 1.01. The summed E-state index contributed by atoms with van der Waals surface area (Å²) in [6.07, 6.45) is 2.43. The fourth-order valence-corrected chi connectivity index (χ4v) is 2.55. The Balaban J connectivity index is 1.89. The van der Waals surface area contributed by atoms with E-state index in [0.29, 0.717) is 29.2 Å². The Bertz CT molecular complexity index is 980. The van der Waals surface area contributed by atoms with Crippen LogP contribution in [0.2, 0.25) is 0 Å². The Morgan fingerprint density at radius 1 is 1.21 bits per heavy atom. The fraction of sp³-hybridized carbons (Fsp3) is 0.200. The highest BCUT2D eigenvalue weighted by atomic mass is 16.6. The van der Waals surface area contributed by atoms with Gasteiger partial charge in [-0.25, -0.2) is 9.79 Å². The van der Waals surface area contributed by atoms with Gasteiger partial charge in [0.15, 0.2) is 17.2 Å². The highest BCUT2D eigenvalue weighted by Gasteiger charge is 2.25. The Morgan fingerprint density at radius 3 is 2.75 bits per heavy atom. The van der Waals surface area contributed by atoms with Gasteiger partial charge in [0, 0.05) is 17.7 Å². The molecule has 0 amide bonds. The van der Waals surface area contributed by atoms with E-state index in [1.54, 1.807) is 30.3 Å². The number of hydrogen-bond donors (Lipinski definition) is 0. The van der Waals surface area contributed by atoms with Gasteiger partial charge in [-0.2, -0.15) is 0 Å². The lowest BCUT2D eigenvalue weighted by Crippen LogP contribution is -2.05. The maximum Gasteiger partial charge on any atom is 0.363 e. The quantitative estimate of drug-likeness (QED) is 0.313.